The van der Waals surface area contributed by atoms with Crippen LogP contribution in [-0.2, 0) is 10.0 Å². The minimum Gasteiger partial charge on any atom is -0.328 e. The largest absolute Gasteiger partial charge is 0.328 e. The van der Waals surface area contributed by atoms with E-state index in [1.165, 1.54) is 11.3 Å². The van der Waals surface area contributed by atoms with Crippen molar-refractivity contribution < 1.29 is 8.42 Å². The Morgan fingerprint density at radius 2 is 2.00 bits per heavy atom. The number of sulfonamides is 1. The predicted octanol–water partition coefficient (Wildman–Crippen LogP) is 3.10. The molecule has 0 amide bonds. The Morgan fingerprint density at radius 1 is 1.40 bits per heavy atom. The standard InChI is InChI=1S/C13H21BrN2O2S2/c1-3-16(11-6-4-10(15)5-7-11)20(17,18)12-8-13(14)19-9(12)2/h8,10-11H,3-7,15H2,1-2H3. The highest BCUT2D eigenvalue weighted by atomic mass is 79.9. The maximum absolute atomic E-state index is 12.9. The van der Waals surface area contributed by atoms with Crippen molar-refractivity contribution in [1.82, 2.24) is 4.31 Å². The van der Waals surface area contributed by atoms with Crippen LogP contribution in [-0.4, -0.2) is 31.4 Å². The average molecular weight is 381 g/mol. The lowest BCUT2D eigenvalue weighted by Gasteiger charge is -2.34. The monoisotopic (exact) mass is 380 g/mol. The van der Waals surface area contributed by atoms with Crippen LogP contribution in [0.5, 0.6) is 0 Å². The fourth-order valence-electron chi connectivity index (χ4n) is 2.83. The maximum atomic E-state index is 12.9. The van der Waals surface area contributed by atoms with Crippen molar-refractivity contribution in [2.75, 3.05) is 6.54 Å². The molecule has 0 aromatic carbocycles. The zero-order valence-corrected chi connectivity index (χ0v) is 15.0. The molecule has 0 radical (unpaired) electrons. The van der Waals surface area contributed by atoms with Crippen molar-refractivity contribution in [3.8, 4) is 0 Å². The number of halogens is 1. The molecule has 0 unspecified atom stereocenters. The van der Waals surface area contributed by atoms with E-state index in [4.69, 9.17) is 5.73 Å². The van der Waals surface area contributed by atoms with Crippen LogP contribution in [0.4, 0.5) is 0 Å². The molecule has 1 aromatic heterocycles. The van der Waals surface area contributed by atoms with Gasteiger partial charge in [-0.05, 0) is 54.6 Å². The molecular weight excluding hydrogens is 360 g/mol. The first-order valence-electron chi connectivity index (χ1n) is 6.89. The van der Waals surface area contributed by atoms with Crippen molar-refractivity contribution in [1.29, 1.82) is 0 Å². The molecule has 0 bridgehead atoms. The van der Waals surface area contributed by atoms with Crippen LogP contribution in [0.3, 0.4) is 0 Å². The molecule has 0 saturated heterocycles. The van der Waals surface area contributed by atoms with Gasteiger partial charge in [0.1, 0.15) is 0 Å². The molecule has 1 aromatic rings. The molecule has 1 heterocycles. The van der Waals surface area contributed by atoms with E-state index in [1.807, 2.05) is 13.8 Å². The smallest absolute Gasteiger partial charge is 0.244 e. The third kappa shape index (κ3) is 3.27. The Morgan fingerprint density at radius 3 is 2.45 bits per heavy atom. The highest BCUT2D eigenvalue weighted by Gasteiger charge is 2.34. The summed E-state index contributed by atoms with van der Waals surface area (Å²) in [6.07, 6.45) is 3.53. The molecule has 2 N–H and O–H groups in total. The van der Waals surface area contributed by atoms with E-state index in [-0.39, 0.29) is 12.1 Å². The summed E-state index contributed by atoms with van der Waals surface area (Å²) >= 11 is 4.83. The first-order valence-corrected chi connectivity index (χ1v) is 9.94. The molecule has 4 nitrogen and oxygen atoms in total. The van der Waals surface area contributed by atoms with Gasteiger partial charge < -0.3 is 5.73 Å². The van der Waals surface area contributed by atoms with Crippen LogP contribution < -0.4 is 5.73 Å². The highest BCUT2D eigenvalue weighted by molar-refractivity contribution is 9.11. The lowest BCUT2D eigenvalue weighted by molar-refractivity contribution is 0.247. The Balaban J connectivity index is 2.28. The summed E-state index contributed by atoms with van der Waals surface area (Å²) < 4.78 is 28.2. The SMILES string of the molecule is CCN(C1CCC(N)CC1)S(=O)(=O)c1cc(Br)sc1C. The zero-order chi connectivity index (χ0) is 14.9. The number of aryl methyl sites for hydroxylation is 1. The lowest BCUT2D eigenvalue weighted by atomic mass is 9.92. The third-order valence-corrected chi connectivity index (χ3v) is 7.73. The van der Waals surface area contributed by atoms with E-state index in [2.05, 4.69) is 15.9 Å². The Kier molecular flexibility index (Phi) is 5.29. The highest BCUT2D eigenvalue weighted by Crippen LogP contribution is 2.34. The Bertz CT molecular complexity index is 563. The van der Waals surface area contributed by atoms with Gasteiger partial charge >= 0.3 is 0 Å². The van der Waals surface area contributed by atoms with Crippen molar-refractivity contribution in [3.05, 3.63) is 14.7 Å². The van der Waals surface area contributed by atoms with Gasteiger partial charge in [-0.2, -0.15) is 4.31 Å². The Hall–Kier alpha value is 0.0500. The quantitative estimate of drug-likeness (QED) is 0.872. The van der Waals surface area contributed by atoms with E-state index >= 15 is 0 Å². The topological polar surface area (TPSA) is 63.4 Å². The van der Waals surface area contributed by atoms with Gasteiger partial charge in [0.2, 0.25) is 10.0 Å². The molecule has 1 aliphatic carbocycles. The van der Waals surface area contributed by atoms with Crippen molar-refractivity contribution in [2.24, 2.45) is 5.73 Å². The molecule has 114 valence electrons. The Labute approximate surface area is 133 Å². The fourth-order valence-corrected chi connectivity index (χ4v) is 6.91. The normalized spacial score (nSPS) is 24.2. The van der Waals surface area contributed by atoms with Gasteiger partial charge in [0, 0.05) is 23.5 Å². The van der Waals surface area contributed by atoms with E-state index in [0.29, 0.717) is 11.4 Å². The summed E-state index contributed by atoms with van der Waals surface area (Å²) in [4.78, 5) is 1.27. The van der Waals surface area contributed by atoms with Crippen molar-refractivity contribution in [2.45, 2.75) is 56.5 Å². The number of hydrogen-bond donors (Lipinski definition) is 1. The second-order valence-corrected chi connectivity index (χ2v) is 9.74. The van der Waals surface area contributed by atoms with Gasteiger partial charge in [-0.1, -0.05) is 6.92 Å². The van der Waals surface area contributed by atoms with Gasteiger partial charge in [-0.25, -0.2) is 8.42 Å². The first kappa shape index (κ1) is 16.4. The van der Waals surface area contributed by atoms with Crippen LogP contribution in [0.25, 0.3) is 0 Å². The van der Waals surface area contributed by atoms with Crippen LogP contribution in [0.2, 0.25) is 0 Å². The molecule has 1 fully saturated rings. The molecule has 7 heteroatoms. The molecule has 2 rings (SSSR count). The summed E-state index contributed by atoms with van der Waals surface area (Å²) in [5.41, 5.74) is 5.91. The number of hydrogen-bond acceptors (Lipinski definition) is 4. The molecule has 0 atom stereocenters. The molecule has 20 heavy (non-hydrogen) atoms. The summed E-state index contributed by atoms with van der Waals surface area (Å²) in [5.74, 6) is 0. The number of nitrogens with zero attached hydrogens (tertiary/aromatic N) is 1. The minimum absolute atomic E-state index is 0.0860. The van der Waals surface area contributed by atoms with E-state index < -0.39 is 10.0 Å². The maximum Gasteiger partial charge on any atom is 0.244 e. The van der Waals surface area contributed by atoms with E-state index in [1.54, 1.807) is 10.4 Å². The van der Waals surface area contributed by atoms with Gasteiger partial charge in [-0.15, -0.1) is 11.3 Å². The molecule has 0 aliphatic heterocycles. The molecule has 0 spiro atoms. The molecule has 1 saturated carbocycles. The van der Waals surface area contributed by atoms with Gasteiger partial charge in [0.25, 0.3) is 0 Å². The lowest BCUT2D eigenvalue weighted by Crippen LogP contribution is -2.44. The number of thiophene rings is 1. The molecule has 1 aliphatic rings. The summed E-state index contributed by atoms with van der Waals surface area (Å²) in [6.45, 7) is 4.27. The third-order valence-electron chi connectivity index (χ3n) is 3.89. The second kappa shape index (κ2) is 6.44. The van der Waals surface area contributed by atoms with Gasteiger partial charge in [-0.3, -0.25) is 0 Å². The summed E-state index contributed by atoms with van der Waals surface area (Å²) in [5, 5.41) is 0. The summed E-state index contributed by atoms with van der Waals surface area (Å²) in [6, 6.07) is 2.03. The number of nitrogens with two attached hydrogens (primary N) is 1. The second-order valence-electron chi connectivity index (χ2n) is 5.25. The van der Waals surface area contributed by atoms with Crippen LogP contribution >= 0.6 is 27.3 Å². The first-order chi connectivity index (χ1) is 9.36. The van der Waals surface area contributed by atoms with Gasteiger partial charge in [0.05, 0.1) is 8.68 Å². The summed E-state index contributed by atoms with van der Waals surface area (Å²) in [7, 11) is -3.41. The van der Waals surface area contributed by atoms with Crippen LogP contribution in [0.1, 0.15) is 37.5 Å². The number of rotatable bonds is 4. The van der Waals surface area contributed by atoms with E-state index in [9.17, 15) is 8.42 Å². The van der Waals surface area contributed by atoms with E-state index in [0.717, 1.165) is 34.3 Å². The fraction of sp³-hybridized carbons (Fsp3) is 0.692. The molecular formula is C13H21BrN2O2S2. The zero-order valence-electron chi connectivity index (χ0n) is 11.8. The average Bonchev–Trinajstić information content (AvgIpc) is 2.72. The van der Waals surface area contributed by atoms with Crippen LogP contribution in [0, 0.1) is 6.92 Å². The van der Waals surface area contributed by atoms with Crippen molar-refractivity contribution in [3.63, 3.8) is 0 Å². The van der Waals surface area contributed by atoms with Crippen molar-refractivity contribution >= 4 is 37.3 Å². The van der Waals surface area contributed by atoms with Gasteiger partial charge in [0.15, 0.2) is 0 Å². The van der Waals surface area contributed by atoms with Crippen LogP contribution in [0.15, 0.2) is 14.7 Å². The minimum atomic E-state index is -3.41. The predicted molar refractivity (Wildman–Crippen MR) is 86.6 cm³/mol.